The van der Waals surface area contributed by atoms with Crippen LogP contribution in [0.4, 0.5) is 0 Å². The Bertz CT molecular complexity index is 1220. The van der Waals surface area contributed by atoms with Crippen LogP contribution < -0.4 is 14.7 Å². The quantitative estimate of drug-likeness (QED) is 0.0256. The molecule has 0 bridgehead atoms. The summed E-state index contributed by atoms with van der Waals surface area (Å²) in [6.45, 7) is 6.81. The van der Waals surface area contributed by atoms with Crippen molar-refractivity contribution in [1.82, 2.24) is 0 Å². The third kappa shape index (κ3) is 74.5. The van der Waals surface area contributed by atoms with E-state index in [0.29, 0.717) is 31.2 Å². The Kier molecular flexibility index (Phi) is 59.5. The van der Waals surface area contributed by atoms with E-state index in [2.05, 4.69) is 57.2 Å². The molecule has 0 aromatic heterocycles. The second kappa shape index (κ2) is 56.0. The third-order valence-corrected chi connectivity index (χ3v) is 13.2. The van der Waals surface area contributed by atoms with E-state index in [4.69, 9.17) is 19.2 Å². The molecule has 0 aromatic rings. The summed E-state index contributed by atoms with van der Waals surface area (Å²) in [6, 6.07) is 0. The summed E-state index contributed by atoms with van der Waals surface area (Å²) in [7, 11) is 12.2. The fourth-order valence-electron chi connectivity index (χ4n) is 8.05. The van der Waals surface area contributed by atoms with Crippen LogP contribution in [0.1, 0.15) is 290 Å². The predicted octanol–water partition coefficient (Wildman–Crippen LogP) is 15.9. The van der Waals surface area contributed by atoms with Crippen molar-refractivity contribution in [1.29, 1.82) is 0 Å². The highest BCUT2D eigenvalue weighted by atomic mass is 31.2. The van der Waals surface area contributed by atoms with Gasteiger partial charge in [0.25, 0.3) is 0 Å². The van der Waals surface area contributed by atoms with E-state index in [1.807, 2.05) is 63.4 Å². The van der Waals surface area contributed by atoms with Crippen LogP contribution in [-0.2, 0) is 18.9 Å². The summed E-state index contributed by atoms with van der Waals surface area (Å²) in [6.07, 6.45) is 67.3. The molecule has 0 aliphatic carbocycles. The molecule has 0 N–H and O–H groups in total. The molecule has 0 rings (SSSR count). The van der Waals surface area contributed by atoms with Crippen molar-refractivity contribution in [3.8, 4) is 0 Å². The molecular formula is C63H126N3O7P. The first-order chi connectivity index (χ1) is 34.9. The molecule has 440 valence electrons. The number of rotatable bonds is 45. The van der Waals surface area contributed by atoms with E-state index in [1.165, 1.54) is 231 Å². The van der Waals surface area contributed by atoms with Crippen molar-refractivity contribution in [2.75, 3.05) is 63.4 Å². The highest BCUT2D eigenvalue weighted by molar-refractivity contribution is 7.40. The lowest BCUT2D eigenvalue weighted by Crippen LogP contribution is -2.40. The maximum absolute atomic E-state index is 11.8. The van der Waals surface area contributed by atoms with Crippen molar-refractivity contribution < 1.29 is 47.1 Å². The molecule has 74 heavy (non-hydrogen) atoms. The number of hydrogen-bond donors (Lipinski definition) is 0. The Hall–Kier alpha value is -1.78. The first kappa shape index (κ1) is 78.7. The van der Waals surface area contributed by atoms with Gasteiger partial charge in [-0.25, -0.2) is 14.4 Å². The average molecular weight is 1070 g/mol. The zero-order valence-corrected chi connectivity index (χ0v) is 52.2. The first-order valence-electron chi connectivity index (χ1n) is 30.7. The van der Waals surface area contributed by atoms with Gasteiger partial charge in [-0.3, -0.25) is 13.4 Å². The lowest BCUT2D eigenvalue weighted by Gasteiger charge is -2.36. The van der Waals surface area contributed by atoms with E-state index >= 15 is 0 Å². The second-order valence-corrected chi connectivity index (χ2v) is 24.6. The van der Waals surface area contributed by atoms with E-state index in [0.717, 1.165) is 38.5 Å². The minimum absolute atomic E-state index is 0.350. The third-order valence-electron chi connectivity index (χ3n) is 13.2. The Morgan fingerprint density at radius 1 is 0.284 bits per heavy atom. The topological polar surface area (TPSA) is 137 Å². The van der Waals surface area contributed by atoms with Crippen LogP contribution in [0.2, 0.25) is 0 Å². The van der Waals surface area contributed by atoms with Crippen LogP contribution in [0.3, 0.4) is 0 Å². The fraction of sp³-hybridized carbons (Fsp3) is 0.857. The zero-order valence-electron chi connectivity index (χ0n) is 51.3. The minimum atomic E-state index is -5.39. The van der Waals surface area contributed by atoms with Crippen LogP contribution in [0.15, 0.2) is 36.5 Å². The molecule has 0 aromatic carbocycles. The maximum Gasteiger partial charge on any atom is 0.313 e. The Labute approximate surface area is 461 Å². The summed E-state index contributed by atoms with van der Waals surface area (Å²) in [4.78, 5) is 60.9. The molecule has 0 unspecified atom stereocenters. The molecule has 0 aliphatic rings. The van der Waals surface area contributed by atoms with Crippen LogP contribution in [0.25, 0.3) is 0 Å². The lowest BCUT2D eigenvalue weighted by atomic mass is 10.1. The van der Waals surface area contributed by atoms with Gasteiger partial charge in [-0.15, -0.1) is 0 Å². The maximum atomic E-state index is 11.8. The van der Waals surface area contributed by atoms with Crippen LogP contribution in [-0.4, -0.2) is 94.6 Å². The summed E-state index contributed by atoms with van der Waals surface area (Å²) in [5, 5.41) is 0. The first-order valence-corrected chi connectivity index (χ1v) is 32.1. The molecule has 0 radical (unpaired) electrons. The van der Waals surface area contributed by atoms with Gasteiger partial charge in [-0.2, -0.15) is 7.82 Å². The smallest absolute Gasteiger partial charge is 0.313 e. The van der Waals surface area contributed by atoms with E-state index in [-0.39, 0.29) is 0 Å². The molecule has 3 amide bonds. The number of allylic oxidation sites excluding steroid dienone is 6. The minimum Gasteiger partial charge on any atom is -0.822 e. The molecule has 0 fully saturated rings. The summed E-state index contributed by atoms with van der Waals surface area (Å²) in [5.41, 5.74) is 0. The zero-order chi connectivity index (χ0) is 56.7. The average Bonchev–Trinajstić information content (AvgIpc) is 3.31. The molecule has 0 saturated heterocycles. The van der Waals surface area contributed by atoms with Gasteiger partial charge >= 0.3 is 17.7 Å². The molecule has 0 spiro atoms. The SMILES string of the molecule is CCCCCCCC/C=C\CCCCCCCC(=O)[N+](C)(C)C.CCCCCCCC/C=C\CCCCCCCC(=O)[N+](C)(C)C.CCCCCCCC/C=C\CCCCCCCC(=O)[N+](C)(C)C.O=P([O-])([O-])[O-]. The van der Waals surface area contributed by atoms with Crippen molar-refractivity contribution in [2.45, 2.75) is 290 Å². The van der Waals surface area contributed by atoms with Crippen LogP contribution in [0.5, 0.6) is 0 Å². The van der Waals surface area contributed by atoms with Crippen molar-refractivity contribution in [3.63, 3.8) is 0 Å². The predicted molar refractivity (Wildman–Crippen MR) is 315 cm³/mol. The van der Waals surface area contributed by atoms with E-state index in [1.54, 1.807) is 0 Å². The van der Waals surface area contributed by atoms with Crippen molar-refractivity contribution in [3.05, 3.63) is 36.5 Å². The van der Waals surface area contributed by atoms with Gasteiger partial charge in [0.1, 0.15) is 0 Å². The number of carbonyl (C=O) groups is 3. The monoisotopic (exact) mass is 1070 g/mol. The molecule has 11 heteroatoms. The molecule has 0 aliphatic heterocycles. The van der Waals surface area contributed by atoms with Crippen molar-refractivity contribution in [2.24, 2.45) is 0 Å². The van der Waals surface area contributed by atoms with Gasteiger partial charge in [0.2, 0.25) is 0 Å². The summed E-state index contributed by atoms with van der Waals surface area (Å²) >= 11 is 0. The molecule has 0 heterocycles. The highest BCUT2D eigenvalue weighted by Gasteiger charge is 2.20. The second-order valence-electron chi connectivity index (χ2n) is 23.7. The molecular weight excluding hydrogens is 942 g/mol. The van der Waals surface area contributed by atoms with Crippen LogP contribution in [0, 0.1) is 0 Å². The summed E-state index contributed by atoms with van der Waals surface area (Å²) in [5.74, 6) is 1.05. The highest BCUT2D eigenvalue weighted by Crippen LogP contribution is 2.15. The number of unbranched alkanes of at least 4 members (excludes halogenated alkanes) is 33. The van der Waals surface area contributed by atoms with E-state index < -0.39 is 7.82 Å². The number of phosphoric acid groups is 1. The van der Waals surface area contributed by atoms with Gasteiger partial charge < -0.3 is 19.2 Å². The fourth-order valence-corrected chi connectivity index (χ4v) is 8.05. The Balaban J connectivity index is -0.000000473. The number of carbonyl (C=O) groups excluding carboxylic acids is 3. The molecule has 0 atom stereocenters. The Morgan fingerprint density at radius 3 is 0.568 bits per heavy atom. The van der Waals surface area contributed by atoms with Gasteiger partial charge in [-0.05, 0) is 96.3 Å². The largest absolute Gasteiger partial charge is 0.822 e. The van der Waals surface area contributed by atoms with Gasteiger partial charge in [0, 0.05) is 0 Å². The van der Waals surface area contributed by atoms with Gasteiger partial charge in [-0.1, -0.05) is 211 Å². The molecule has 10 nitrogen and oxygen atoms in total. The van der Waals surface area contributed by atoms with E-state index in [9.17, 15) is 14.4 Å². The lowest BCUT2D eigenvalue weighted by molar-refractivity contribution is -0.792. The van der Waals surface area contributed by atoms with Crippen molar-refractivity contribution >= 4 is 25.5 Å². The normalized spacial score (nSPS) is 12.1. The number of amides is 3. The van der Waals surface area contributed by atoms with Gasteiger partial charge in [0.05, 0.1) is 82.7 Å². The number of nitrogens with zero attached hydrogens (tertiary/aromatic N) is 3. The van der Waals surface area contributed by atoms with Gasteiger partial charge in [0.15, 0.2) is 0 Å². The molecule has 0 saturated carbocycles. The Morgan fingerprint density at radius 2 is 0.419 bits per heavy atom. The summed E-state index contributed by atoms with van der Waals surface area (Å²) < 4.78 is 9.93. The standard InChI is InChI=1S/3C21H42NO.H3O4P/c3*1-5-6-7-8-9-10-11-12-13-14-15-16-17-18-19-20-21(23)22(2,3)4;1-5(2,3)4/h3*12-13H,5-11,14-20H2,1-4H3;(H3,1,2,3,4)/q3*+1;/p-3/b3*13-12-;. The number of quaternary nitrogens is 3. The van der Waals surface area contributed by atoms with Crippen LogP contribution >= 0.6 is 7.82 Å². The number of hydrogen-bond acceptors (Lipinski definition) is 7.